The SMILES string of the molecule is CC1(C)[C@@H](C(=O)O)[C@@H]1c1cccc(-c2cnc(Nc3ccc(F)c(Cl)c3)nc2-n2ccc(C(F)(F)F)n2)c1. The van der Waals surface area contributed by atoms with Crippen LogP contribution in [0.4, 0.5) is 29.2 Å². The molecule has 12 heteroatoms. The topological polar surface area (TPSA) is 92.9 Å². The van der Waals surface area contributed by atoms with Gasteiger partial charge in [-0.3, -0.25) is 4.79 Å². The third-order valence-corrected chi connectivity index (χ3v) is 6.98. The van der Waals surface area contributed by atoms with E-state index in [4.69, 9.17) is 11.6 Å². The van der Waals surface area contributed by atoms with Crippen LogP contribution in [0.5, 0.6) is 0 Å². The molecule has 196 valence electrons. The van der Waals surface area contributed by atoms with Gasteiger partial charge in [0.2, 0.25) is 5.95 Å². The van der Waals surface area contributed by atoms with Crippen LogP contribution in [-0.4, -0.2) is 30.8 Å². The Hall–Kier alpha value is -3.99. The summed E-state index contributed by atoms with van der Waals surface area (Å²) in [6.07, 6.45) is -2.09. The summed E-state index contributed by atoms with van der Waals surface area (Å²) in [6.45, 7) is 3.75. The molecule has 7 nitrogen and oxygen atoms in total. The number of rotatable bonds is 6. The molecule has 0 radical (unpaired) electrons. The molecule has 1 aliphatic rings. The number of nitrogens with one attached hydrogen (secondary N) is 1. The number of halogens is 5. The third-order valence-electron chi connectivity index (χ3n) is 6.69. The number of carbonyl (C=O) groups is 1. The minimum atomic E-state index is -4.66. The first-order chi connectivity index (χ1) is 17.9. The van der Waals surface area contributed by atoms with Crippen molar-refractivity contribution in [3.8, 4) is 16.9 Å². The van der Waals surface area contributed by atoms with Crippen molar-refractivity contribution in [1.82, 2.24) is 19.7 Å². The summed E-state index contributed by atoms with van der Waals surface area (Å²) in [5, 5.41) is 16.0. The number of aromatic nitrogens is 4. The zero-order chi connectivity index (χ0) is 27.4. The molecular weight excluding hydrogens is 526 g/mol. The molecule has 0 saturated heterocycles. The first kappa shape index (κ1) is 25.7. The minimum Gasteiger partial charge on any atom is -0.481 e. The standard InChI is InChI=1S/C26H20ClF4N5O2/c1-25(2)20(21(25)23(37)38)14-5-3-4-13(10-14)16-12-32-24(33-15-6-7-18(28)17(27)11-15)34-22(16)36-9-8-19(35-36)26(29,30)31/h3-12,20-21H,1-2H3,(H,37,38)(H,32,33,34)/t20-,21+/m0/s1. The highest BCUT2D eigenvalue weighted by atomic mass is 35.5. The molecule has 0 unspecified atom stereocenters. The normalized spacial score (nSPS) is 18.3. The summed E-state index contributed by atoms with van der Waals surface area (Å²) >= 11 is 5.84. The first-order valence-corrected chi connectivity index (χ1v) is 11.8. The molecule has 0 aliphatic heterocycles. The molecule has 4 aromatic rings. The van der Waals surface area contributed by atoms with Crippen molar-refractivity contribution in [3.63, 3.8) is 0 Å². The number of nitrogens with zero attached hydrogens (tertiary/aromatic N) is 4. The van der Waals surface area contributed by atoms with Gasteiger partial charge in [-0.15, -0.1) is 0 Å². The largest absolute Gasteiger partial charge is 0.481 e. The van der Waals surface area contributed by atoms with Crippen LogP contribution in [0.1, 0.15) is 31.0 Å². The summed E-state index contributed by atoms with van der Waals surface area (Å²) in [4.78, 5) is 20.4. The quantitative estimate of drug-likeness (QED) is 0.262. The van der Waals surface area contributed by atoms with Crippen LogP contribution >= 0.6 is 11.6 Å². The Kier molecular flexibility index (Phi) is 6.13. The van der Waals surface area contributed by atoms with E-state index < -0.39 is 35.0 Å². The second kappa shape index (κ2) is 9.09. The molecule has 0 amide bonds. The van der Waals surface area contributed by atoms with Gasteiger partial charge in [0.1, 0.15) is 5.82 Å². The molecule has 38 heavy (non-hydrogen) atoms. The summed E-state index contributed by atoms with van der Waals surface area (Å²) in [5.41, 5.74) is 0.549. The van der Waals surface area contributed by atoms with Crippen LogP contribution in [0.25, 0.3) is 16.9 Å². The monoisotopic (exact) mass is 545 g/mol. The lowest BCUT2D eigenvalue weighted by molar-refractivity contribution is -0.141. The van der Waals surface area contributed by atoms with Gasteiger partial charge in [-0.25, -0.2) is 14.1 Å². The molecule has 2 heterocycles. The van der Waals surface area contributed by atoms with Crippen LogP contribution in [-0.2, 0) is 11.0 Å². The fraction of sp³-hybridized carbons (Fsp3) is 0.231. The molecule has 2 atom stereocenters. The van der Waals surface area contributed by atoms with E-state index in [0.29, 0.717) is 16.8 Å². The predicted octanol–water partition coefficient (Wildman–Crippen LogP) is 6.71. The molecule has 5 rings (SSSR count). The van der Waals surface area contributed by atoms with Crippen molar-refractivity contribution in [3.05, 3.63) is 83.0 Å². The van der Waals surface area contributed by atoms with Crippen LogP contribution in [0.2, 0.25) is 5.02 Å². The Labute approximate surface area is 219 Å². The van der Waals surface area contributed by atoms with E-state index in [-0.39, 0.29) is 22.7 Å². The van der Waals surface area contributed by atoms with Crippen molar-refractivity contribution in [2.75, 3.05) is 5.32 Å². The van der Waals surface area contributed by atoms with Crippen molar-refractivity contribution in [2.45, 2.75) is 25.9 Å². The van der Waals surface area contributed by atoms with E-state index in [1.807, 2.05) is 19.9 Å². The molecule has 2 aromatic carbocycles. The Bertz CT molecular complexity index is 1550. The van der Waals surface area contributed by atoms with Crippen LogP contribution in [0, 0.1) is 17.2 Å². The zero-order valence-corrected chi connectivity index (χ0v) is 20.7. The highest BCUT2D eigenvalue weighted by Gasteiger charge is 2.62. The number of carboxylic acids is 1. The second-order valence-corrected chi connectivity index (χ2v) is 9.98. The molecular formula is C26H20ClF4N5O2. The number of anilines is 2. The lowest BCUT2D eigenvalue weighted by Gasteiger charge is -2.13. The van der Waals surface area contributed by atoms with Crippen molar-refractivity contribution < 1.29 is 27.5 Å². The number of aliphatic carboxylic acids is 1. The lowest BCUT2D eigenvalue weighted by atomic mass is 9.99. The van der Waals surface area contributed by atoms with Gasteiger partial charge in [-0.2, -0.15) is 23.3 Å². The van der Waals surface area contributed by atoms with Gasteiger partial charge in [0, 0.05) is 29.6 Å². The summed E-state index contributed by atoms with van der Waals surface area (Å²) in [5.74, 6) is -2.22. The molecule has 2 N–H and O–H groups in total. The highest BCUT2D eigenvalue weighted by molar-refractivity contribution is 6.31. The third kappa shape index (κ3) is 4.69. The molecule has 0 spiro atoms. The van der Waals surface area contributed by atoms with Crippen LogP contribution in [0.15, 0.2) is 60.9 Å². The van der Waals surface area contributed by atoms with Crippen molar-refractivity contribution >= 4 is 29.2 Å². The van der Waals surface area contributed by atoms with Gasteiger partial charge >= 0.3 is 12.1 Å². The van der Waals surface area contributed by atoms with E-state index in [1.54, 1.807) is 18.2 Å². The fourth-order valence-electron chi connectivity index (χ4n) is 4.73. The highest BCUT2D eigenvalue weighted by Crippen LogP contribution is 2.64. The molecule has 0 bridgehead atoms. The van der Waals surface area contributed by atoms with Crippen LogP contribution < -0.4 is 5.32 Å². The van der Waals surface area contributed by atoms with Gasteiger partial charge in [-0.05, 0) is 40.8 Å². The fourth-order valence-corrected chi connectivity index (χ4v) is 4.91. The van der Waals surface area contributed by atoms with Gasteiger partial charge in [0.05, 0.1) is 10.9 Å². The van der Waals surface area contributed by atoms with Crippen molar-refractivity contribution in [1.29, 1.82) is 0 Å². The van der Waals surface area contributed by atoms with Gasteiger partial charge in [0.15, 0.2) is 11.5 Å². The summed E-state index contributed by atoms with van der Waals surface area (Å²) in [7, 11) is 0. The maximum atomic E-state index is 13.5. The van der Waals surface area contributed by atoms with Crippen molar-refractivity contribution in [2.24, 2.45) is 11.3 Å². The average molecular weight is 546 g/mol. The van der Waals surface area contributed by atoms with Gasteiger partial charge in [-0.1, -0.05) is 49.7 Å². The van der Waals surface area contributed by atoms with E-state index in [9.17, 15) is 27.5 Å². The van der Waals surface area contributed by atoms with Crippen LogP contribution in [0.3, 0.4) is 0 Å². The first-order valence-electron chi connectivity index (χ1n) is 11.4. The van der Waals surface area contributed by atoms with E-state index in [1.165, 1.54) is 18.3 Å². The van der Waals surface area contributed by atoms with E-state index in [0.717, 1.165) is 28.6 Å². The van der Waals surface area contributed by atoms with Gasteiger partial charge < -0.3 is 10.4 Å². The Morgan fingerprint density at radius 1 is 1.16 bits per heavy atom. The smallest absolute Gasteiger partial charge is 0.435 e. The number of carboxylic acid groups (broad SMARTS) is 1. The average Bonchev–Trinajstić information content (AvgIpc) is 3.17. The second-order valence-electron chi connectivity index (χ2n) is 9.57. The minimum absolute atomic E-state index is 0.0147. The lowest BCUT2D eigenvalue weighted by Crippen LogP contribution is -2.10. The van der Waals surface area contributed by atoms with Gasteiger partial charge in [0.25, 0.3) is 0 Å². The summed E-state index contributed by atoms with van der Waals surface area (Å²) in [6, 6.07) is 11.8. The number of hydrogen-bond donors (Lipinski definition) is 2. The number of alkyl halides is 3. The predicted molar refractivity (Wildman–Crippen MR) is 132 cm³/mol. The maximum Gasteiger partial charge on any atom is 0.435 e. The number of benzene rings is 2. The van der Waals surface area contributed by atoms with E-state index >= 15 is 0 Å². The Morgan fingerprint density at radius 3 is 2.55 bits per heavy atom. The molecule has 1 fully saturated rings. The summed E-state index contributed by atoms with van der Waals surface area (Å²) < 4.78 is 54.4. The Morgan fingerprint density at radius 2 is 1.92 bits per heavy atom. The molecule has 2 aromatic heterocycles. The molecule has 1 saturated carbocycles. The number of hydrogen-bond acceptors (Lipinski definition) is 5. The zero-order valence-electron chi connectivity index (χ0n) is 20.0. The Balaban J connectivity index is 1.58. The van der Waals surface area contributed by atoms with E-state index in [2.05, 4.69) is 20.4 Å². The maximum absolute atomic E-state index is 13.5. The molecule has 1 aliphatic carbocycles.